The summed E-state index contributed by atoms with van der Waals surface area (Å²) in [5.41, 5.74) is 2.04. The zero-order chi connectivity index (χ0) is 16.8. The summed E-state index contributed by atoms with van der Waals surface area (Å²) in [5.74, 6) is 0. The smallest absolute Gasteiger partial charge is 0.174 e. The van der Waals surface area contributed by atoms with Crippen LogP contribution in [0, 0.1) is 6.92 Å². The highest BCUT2D eigenvalue weighted by Crippen LogP contribution is 2.26. The van der Waals surface area contributed by atoms with E-state index in [4.69, 9.17) is 28.6 Å². The molecule has 3 nitrogen and oxygen atoms in total. The molecule has 0 fully saturated rings. The zero-order valence-corrected chi connectivity index (χ0v) is 15.9. The first-order valence-electron chi connectivity index (χ1n) is 7.39. The number of aryl methyl sites for hydroxylation is 1. The Morgan fingerprint density at radius 3 is 2.87 bits per heavy atom. The van der Waals surface area contributed by atoms with Gasteiger partial charge in [0.2, 0.25) is 0 Å². The van der Waals surface area contributed by atoms with Crippen LogP contribution < -0.4 is 5.32 Å². The molecular formula is C17H21ClN2OS2. The van der Waals surface area contributed by atoms with Gasteiger partial charge in [-0.3, -0.25) is 0 Å². The van der Waals surface area contributed by atoms with Gasteiger partial charge in [0, 0.05) is 29.2 Å². The number of hydrogen-bond donors (Lipinski definition) is 1. The molecule has 1 aromatic heterocycles. The lowest BCUT2D eigenvalue weighted by Gasteiger charge is -2.31. The first-order valence-corrected chi connectivity index (χ1v) is 9.05. The number of anilines is 1. The van der Waals surface area contributed by atoms with Crippen molar-refractivity contribution in [3.63, 3.8) is 0 Å². The van der Waals surface area contributed by atoms with E-state index in [9.17, 15) is 0 Å². The van der Waals surface area contributed by atoms with E-state index in [2.05, 4.69) is 34.7 Å². The van der Waals surface area contributed by atoms with Crippen LogP contribution >= 0.6 is 35.2 Å². The molecule has 6 heteroatoms. The van der Waals surface area contributed by atoms with Crippen LogP contribution in [-0.2, 0) is 4.74 Å². The third-order valence-electron chi connectivity index (χ3n) is 3.66. The number of hydrogen-bond acceptors (Lipinski definition) is 3. The van der Waals surface area contributed by atoms with Crippen LogP contribution in [0.5, 0.6) is 0 Å². The molecular weight excluding hydrogens is 348 g/mol. The lowest BCUT2D eigenvalue weighted by Crippen LogP contribution is -2.39. The average molecular weight is 369 g/mol. The molecule has 0 spiro atoms. The largest absolute Gasteiger partial charge is 0.383 e. The van der Waals surface area contributed by atoms with Crippen LogP contribution in [0.4, 0.5) is 5.69 Å². The molecule has 0 aliphatic rings. The Morgan fingerprint density at radius 1 is 1.43 bits per heavy atom. The van der Waals surface area contributed by atoms with Gasteiger partial charge in [0.15, 0.2) is 5.11 Å². The molecule has 0 saturated heterocycles. The summed E-state index contributed by atoms with van der Waals surface area (Å²) in [7, 11) is 1.70. The average Bonchev–Trinajstić information content (AvgIpc) is 3.05. The number of thiocarbonyl (C=S) groups is 1. The van der Waals surface area contributed by atoms with Gasteiger partial charge in [0.25, 0.3) is 0 Å². The molecule has 0 aliphatic heterocycles. The normalized spacial score (nSPS) is 12.0. The second-order valence-corrected chi connectivity index (χ2v) is 7.07. The molecule has 0 aliphatic carbocycles. The molecule has 2 rings (SSSR count). The van der Waals surface area contributed by atoms with Crippen LogP contribution in [0.15, 0.2) is 35.7 Å². The van der Waals surface area contributed by atoms with Crippen LogP contribution in [0.3, 0.4) is 0 Å². The zero-order valence-electron chi connectivity index (χ0n) is 13.5. The number of rotatable bonds is 6. The molecule has 0 bridgehead atoms. The predicted octanol–water partition coefficient (Wildman–Crippen LogP) is 5.12. The van der Waals surface area contributed by atoms with Crippen molar-refractivity contribution >= 4 is 46.0 Å². The van der Waals surface area contributed by atoms with E-state index in [-0.39, 0.29) is 6.04 Å². The van der Waals surface area contributed by atoms with Gasteiger partial charge in [-0.1, -0.05) is 23.7 Å². The van der Waals surface area contributed by atoms with Crippen LogP contribution in [0.2, 0.25) is 5.02 Å². The quantitative estimate of drug-likeness (QED) is 0.715. The molecule has 2 aromatic rings. The summed E-state index contributed by atoms with van der Waals surface area (Å²) < 4.78 is 5.24. The van der Waals surface area contributed by atoms with Crippen molar-refractivity contribution in [2.24, 2.45) is 0 Å². The maximum Gasteiger partial charge on any atom is 0.174 e. The van der Waals surface area contributed by atoms with E-state index in [1.165, 1.54) is 4.88 Å². The predicted molar refractivity (Wildman–Crippen MR) is 104 cm³/mol. The van der Waals surface area contributed by atoms with Crippen molar-refractivity contribution in [3.8, 4) is 0 Å². The van der Waals surface area contributed by atoms with Gasteiger partial charge in [-0.25, -0.2) is 0 Å². The highest BCUT2D eigenvalue weighted by Gasteiger charge is 2.20. The molecule has 1 aromatic carbocycles. The molecule has 0 radical (unpaired) electrons. The molecule has 0 amide bonds. The molecule has 1 N–H and O–H groups in total. The second-order valence-electron chi connectivity index (χ2n) is 5.27. The molecule has 1 atom stereocenters. The van der Waals surface area contributed by atoms with Crippen molar-refractivity contribution in [1.29, 1.82) is 0 Å². The van der Waals surface area contributed by atoms with E-state index >= 15 is 0 Å². The molecule has 23 heavy (non-hydrogen) atoms. The highest BCUT2D eigenvalue weighted by molar-refractivity contribution is 7.80. The van der Waals surface area contributed by atoms with Gasteiger partial charge < -0.3 is 15.0 Å². The summed E-state index contributed by atoms with van der Waals surface area (Å²) >= 11 is 13.5. The van der Waals surface area contributed by atoms with Crippen molar-refractivity contribution in [2.75, 3.05) is 25.6 Å². The maximum absolute atomic E-state index is 6.09. The Labute approximate surface area is 152 Å². The summed E-state index contributed by atoms with van der Waals surface area (Å²) in [6, 6.07) is 10.1. The van der Waals surface area contributed by atoms with Gasteiger partial charge in [-0.15, -0.1) is 11.3 Å². The molecule has 124 valence electrons. The third kappa shape index (κ3) is 4.91. The molecule has 1 heterocycles. The van der Waals surface area contributed by atoms with E-state index in [1.807, 2.05) is 25.1 Å². The minimum Gasteiger partial charge on any atom is -0.383 e. The monoisotopic (exact) mass is 368 g/mol. The molecule has 0 saturated carbocycles. The number of ether oxygens (including phenoxy) is 1. The van der Waals surface area contributed by atoms with Gasteiger partial charge in [-0.2, -0.15) is 0 Å². The Balaban J connectivity index is 2.17. The minimum absolute atomic E-state index is 0.185. The first kappa shape index (κ1) is 18.2. The highest BCUT2D eigenvalue weighted by atomic mass is 35.5. The topological polar surface area (TPSA) is 24.5 Å². The SMILES string of the molecule is COCCN(C(=S)Nc1cc(Cl)ccc1C)C(C)c1cccs1. The van der Waals surface area contributed by atoms with E-state index < -0.39 is 0 Å². The summed E-state index contributed by atoms with van der Waals surface area (Å²) in [6.45, 7) is 5.52. The Bertz CT molecular complexity index is 646. The van der Waals surface area contributed by atoms with Gasteiger partial charge in [0.1, 0.15) is 0 Å². The number of benzene rings is 1. The van der Waals surface area contributed by atoms with Crippen molar-refractivity contribution < 1.29 is 4.74 Å². The lowest BCUT2D eigenvalue weighted by atomic mass is 10.2. The van der Waals surface area contributed by atoms with E-state index in [1.54, 1.807) is 18.4 Å². The van der Waals surface area contributed by atoms with Crippen LogP contribution in [0.1, 0.15) is 23.4 Å². The first-order chi connectivity index (χ1) is 11.0. The van der Waals surface area contributed by atoms with Crippen LogP contribution in [0.25, 0.3) is 0 Å². The lowest BCUT2D eigenvalue weighted by molar-refractivity contribution is 0.166. The van der Waals surface area contributed by atoms with Gasteiger partial charge >= 0.3 is 0 Å². The standard InChI is InChI=1S/C17H21ClN2OS2/c1-12-6-7-14(18)11-15(12)19-17(22)20(8-9-21-3)13(2)16-5-4-10-23-16/h4-7,10-11,13H,8-9H2,1-3H3,(H,19,22). The van der Waals surface area contributed by atoms with Gasteiger partial charge in [0.05, 0.1) is 12.6 Å². The Morgan fingerprint density at radius 2 is 2.22 bits per heavy atom. The number of nitrogens with one attached hydrogen (secondary N) is 1. The van der Waals surface area contributed by atoms with Crippen molar-refractivity contribution in [3.05, 3.63) is 51.2 Å². The summed E-state index contributed by atoms with van der Waals surface area (Å²) in [4.78, 5) is 3.42. The minimum atomic E-state index is 0.185. The van der Waals surface area contributed by atoms with E-state index in [0.717, 1.165) is 17.8 Å². The number of nitrogens with zero attached hydrogens (tertiary/aromatic N) is 1. The van der Waals surface area contributed by atoms with Gasteiger partial charge in [-0.05, 0) is 55.2 Å². The van der Waals surface area contributed by atoms with Crippen LogP contribution in [-0.4, -0.2) is 30.3 Å². The second kappa shape index (κ2) is 8.64. The van der Waals surface area contributed by atoms with E-state index in [0.29, 0.717) is 16.7 Å². The number of halogens is 1. The van der Waals surface area contributed by atoms with Crippen molar-refractivity contribution in [1.82, 2.24) is 4.90 Å². The molecule has 1 unspecified atom stereocenters. The summed E-state index contributed by atoms with van der Waals surface area (Å²) in [5, 5.41) is 6.77. The fourth-order valence-electron chi connectivity index (χ4n) is 2.26. The van der Waals surface area contributed by atoms with Crippen molar-refractivity contribution in [2.45, 2.75) is 19.9 Å². The Hall–Kier alpha value is -1.14. The fourth-order valence-corrected chi connectivity index (χ4v) is 3.59. The third-order valence-corrected chi connectivity index (χ3v) is 5.28. The fraction of sp³-hybridized carbons (Fsp3) is 0.353. The number of thiophene rings is 1. The number of methoxy groups -OCH3 is 1. The Kier molecular flexibility index (Phi) is 6.84. The maximum atomic E-state index is 6.09. The summed E-state index contributed by atoms with van der Waals surface area (Å²) in [6.07, 6.45) is 0.